The molecule has 0 fully saturated rings. The summed E-state index contributed by atoms with van der Waals surface area (Å²) in [6, 6.07) is 9.23. The second-order valence-electron chi connectivity index (χ2n) is 6.80. The molecule has 2 aromatic carbocycles. The highest BCUT2D eigenvalue weighted by molar-refractivity contribution is 6.04. The van der Waals surface area contributed by atoms with E-state index in [1.807, 2.05) is 12.1 Å². The molecule has 7 heteroatoms. The van der Waals surface area contributed by atoms with E-state index in [0.717, 1.165) is 47.7 Å². The molecule has 2 N–H and O–H groups in total. The van der Waals surface area contributed by atoms with Crippen LogP contribution in [-0.4, -0.2) is 39.9 Å². The second kappa shape index (κ2) is 8.34. The lowest BCUT2D eigenvalue weighted by atomic mass is 9.96. The minimum absolute atomic E-state index is 0.236. The first kappa shape index (κ1) is 19.0. The maximum absolute atomic E-state index is 12.6. The molecule has 7 nitrogen and oxygen atoms in total. The number of amides is 1. The van der Waals surface area contributed by atoms with Crippen molar-refractivity contribution in [1.82, 2.24) is 5.32 Å². The average molecular weight is 396 g/mol. The van der Waals surface area contributed by atoms with Crippen molar-refractivity contribution in [2.24, 2.45) is 0 Å². The summed E-state index contributed by atoms with van der Waals surface area (Å²) in [7, 11) is 3.13. The summed E-state index contributed by atoms with van der Waals surface area (Å²) in [4.78, 5) is 12.6. The predicted octanol–water partition coefficient (Wildman–Crippen LogP) is 2.99. The first-order chi connectivity index (χ1) is 14.2. The predicted molar refractivity (Wildman–Crippen MR) is 110 cm³/mol. The third-order valence-corrected chi connectivity index (χ3v) is 4.90. The number of methoxy groups -OCH3 is 2. The van der Waals surface area contributed by atoms with Gasteiger partial charge in [-0.3, -0.25) is 4.79 Å². The van der Waals surface area contributed by atoms with Crippen LogP contribution >= 0.6 is 0 Å². The van der Waals surface area contributed by atoms with Gasteiger partial charge in [-0.05, 0) is 36.2 Å². The molecule has 0 saturated carbocycles. The molecular weight excluding hydrogens is 372 g/mol. The zero-order valence-corrected chi connectivity index (χ0v) is 16.5. The Hall–Kier alpha value is -3.35. The number of benzene rings is 2. The highest BCUT2D eigenvalue weighted by Gasteiger charge is 2.20. The lowest BCUT2D eigenvalue weighted by Crippen LogP contribution is -2.24. The molecule has 0 radical (unpaired) electrons. The van der Waals surface area contributed by atoms with Crippen molar-refractivity contribution in [3.05, 3.63) is 47.5 Å². The van der Waals surface area contributed by atoms with Crippen LogP contribution in [0.1, 0.15) is 17.5 Å². The molecule has 0 bridgehead atoms. The quantitative estimate of drug-likeness (QED) is 0.774. The first-order valence-corrected chi connectivity index (χ1v) is 9.59. The Labute approximate surface area is 169 Å². The van der Waals surface area contributed by atoms with Gasteiger partial charge in [-0.1, -0.05) is 0 Å². The highest BCUT2D eigenvalue weighted by Crippen LogP contribution is 2.36. The molecule has 1 amide bonds. The maximum Gasteiger partial charge on any atom is 0.250 e. The van der Waals surface area contributed by atoms with Crippen LogP contribution in [0, 0.1) is 0 Å². The van der Waals surface area contributed by atoms with Crippen LogP contribution in [0.4, 0.5) is 5.69 Å². The van der Waals surface area contributed by atoms with E-state index in [1.165, 1.54) is 0 Å². The summed E-state index contributed by atoms with van der Waals surface area (Å²) in [5.41, 5.74) is 3.49. The topological polar surface area (TPSA) is 78.1 Å². The summed E-state index contributed by atoms with van der Waals surface area (Å²) in [5, 5.41) is 6.19. The van der Waals surface area contributed by atoms with Gasteiger partial charge in [0.05, 0.1) is 27.4 Å². The zero-order chi connectivity index (χ0) is 20.2. The normalized spacial score (nSPS) is 16.3. The average Bonchev–Trinajstić information content (AvgIpc) is 2.97. The Morgan fingerprint density at radius 3 is 2.59 bits per heavy atom. The van der Waals surface area contributed by atoms with Gasteiger partial charge in [0.1, 0.15) is 0 Å². The van der Waals surface area contributed by atoms with Crippen molar-refractivity contribution in [1.29, 1.82) is 0 Å². The van der Waals surface area contributed by atoms with E-state index >= 15 is 0 Å². The van der Waals surface area contributed by atoms with Gasteiger partial charge in [0.25, 0.3) is 0 Å². The van der Waals surface area contributed by atoms with E-state index in [4.69, 9.17) is 18.9 Å². The number of nitrogens with one attached hydrogen (secondary N) is 2. The highest BCUT2D eigenvalue weighted by atomic mass is 16.5. The fourth-order valence-corrected chi connectivity index (χ4v) is 3.49. The third-order valence-electron chi connectivity index (χ3n) is 4.90. The van der Waals surface area contributed by atoms with Crippen molar-refractivity contribution in [3.63, 3.8) is 0 Å². The fraction of sp³-hybridized carbons (Fsp3) is 0.318. The van der Waals surface area contributed by atoms with Gasteiger partial charge < -0.3 is 29.6 Å². The van der Waals surface area contributed by atoms with E-state index in [0.29, 0.717) is 30.4 Å². The van der Waals surface area contributed by atoms with Gasteiger partial charge in [0, 0.05) is 42.1 Å². The molecule has 0 unspecified atom stereocenters. The van der Waals surface area contributed by atoms with Crippen molar-refractivity contribution >= 4 is 17.3 Å². The number of carbonyl (C=O) groups is 1. The number of hydrogen-bond donors (Lipinski definition) is 2. The summed E-state index contributed by atoms with van der Waals surface area (Å²) in [6.07, 6.45) is 3.29. The summed E-state index contributed by atoms with van der Waals surface area (Å²) in [6.45, 7) is 2.03. The maximum atomic E-state index is 12.6. The number of fused-ring (bicyclic) bond motifs is 2. The molecule has 2 aromatic rings. The van der Waals surface area contributed by atoms with E-state index in [-0.39, 0.29) is 5.91 Å². The van der Waals surface area contributed by atoms with Crippen LogP contribution < -0.4 is 29.6 Å². The molecule has 0 aliphatic carbocycles. The van der Waals surface area contributed by atoms with Gasteiger partial charge in [-0.25, -0.2) is 0 Å². The zero-order valence-electron chi connectivity index (χ0n) is 16.5. The molecule has 152 valence electrons. The first-order valence-electron chi connectivity index (χ1n) is 9.59. The minimum atomic E-state index is -0.236. The number of hydrogen-bond acceptors (Lipinski definition) is 6. The van der Waals surface area contributed by atoms with Gasteiger partial charge >= 0.3 is 0 Å². The van der Waals surface area contributed by atoms with Crippen molar-refractivity contribution in [3.8, 4) is 23.0 Å². The fourth-order valence-electron chi connectivity index (χ4n) is 3.49. The summed E-state index contributed by atoms with van der Waals surface area (Å²) >= 11 is 0. The monoisotopic (exact) mass is 396 g/mol. The van der Waals surface area contributed by atoms with Gasteiger partial charge in [0.15, 0.2) is 23.0 Å². The summed E-state index contributed by atoms with van der Waals surface area (Å²) in [5.74, 6) is 2.42. The van der Waals surface area contributed by atoms with Crippen molar-refractivity contribution in [2.45, 2.75) is 12.8 Å². The summed E-state index contributed by atoms with van der Waals surface area (Å²) < 4.78 is 22.1. The van der Waals surface area contributed by atoms with Crippen LogP contribution in [0.5, 0.6) is 23.0 Å². The van der Waals surface area contributed by atoms with Gasteiger partial charge in [-0.2, -0.15) is 0 Å². The van der Waals surface area contributed by atoms with Crippen LogP contribution in [0.15, 0.2) is 36.4 Å². The minimum Gasteiger partial charge on any atom is -0.493 e. The Morgan fingerprint density at radius 1 is 1.07 bits per heavy atom. The standard InChI is InChI=1S/C22H24N2O5/c1-26-18-5-4-15(11-19(18)27-2)24-22(25)13-17-16-12-21-20(28-8-3-9-29-21)10-14(16)6-7-23-17/h4-5,10-13,23H,3,6-9H2,1-2H3,(H,24,25). The number of anilines is 1. The molecular formula is C22H24N2O5. The smallest absolute Gasteiger partial charge is 0.250 e. The lowest BCUT2D eigenvalue weighted by Gasteiger charge is -2.23. The van der Waals surface area contributed by atoms with Crippen LogP contribution in [0.2, 0.25) is 0 Å². The Bertz CT molecular complexity index is 954. The largest absolute Gasteiger partial charge is 0.493 e. The number of ether oxygens (including phenoxy) is 4. The van der Waals surface area contributed by atoms with Crippen LogP contribution in [0.3, 0.4) is 0 Å². The van der Waals surface area contributed by atoms with Crippen LogP contribution in [-0.2, 0) is 11.2 Å². The van der Waals surface area contributed by atoms with E-state index in [9.17, 15) is 4.79 Å². The molecule has 4 rings (SSSR count). The third kappa shape index (κ3) is 4.08. The lowest BCUT2D eigenvalue weighted by molar-refractivity contribution is -0.111. The molecule has 2 aliphatic heterocycles. The number of carbonyl (C=O) groups excluding carboxylic acids is 1. The SMILES string of the molecule is COc1ccc(NC(=O)C=C2NCCc3cc4c(cc32)OCCCO4)cc1OC. The van der Waals surface area contributed by atoms with E-state index in [2.05, 4.69) is 10.6 Å². The molecule has 0 atom stereocenters. The Kier molecular flexibility index (Phi) is 5.46. The van der Waals surface area contributed by atoms with Crippen molar-refractivity contribution < 1.29 is 23.7 Å². The Morgan fingerprint density at radius 2 is 1.83 bits per heavy atom. The molecule has 0 spiro atoms. The van der Waals surface area contributed by atoms with Crippen molar-refractivity contribution in [2.75, 3.05) is 39.3 Å². The molecule has 29 heavy (non-hydrogen) atoms. The Balaban J connectivity index is 1.58. The molecule has 0 aromatic heterocycles. The number of rotatable bonds is 4. The van der Waals surface area contributed by atoms with E-state index < -0.39 is 0 Å². The second-order valence-corrected chi connectivity index (χ2v) is 6.80. The molecule has 2 heterocycles. The molecule has 2 aliphatic rings. The van der Waals surface area contributed by atoms with Gasteiger partial charge in [-0.15, -0.1) is 0 Å². The van der Waals surface area contributed by atoms with E-state index in [1.54, 1.807) is 38.5 Å². The molecule has 0 saturated heterocycles. The van der Waals surface area contributed by atoms with Gasteiger partial charge in [0.2, 0.25) is 5.91 Å². The van der Waals surface area contributed by atoms with Crippen LogP contribution in [0.25, 0.3) is 5.70 Å².